The van der Waals surface area contributed by atoms with Crippen molar-refractivity contribution in [3.05, 3.63) is 53.2 Å². The van der Waals surface area contributed by atoms with Crippen molar-refractivity contribution < 1.29 is 9.47 Å². The maximum absolute atomic E-state index is 6.25. The summed E-state index contributed by atoms with van der Waals surface area (Å²) >= 11 is 0. The molecule has 0 radical (unpaired) electrons. The van der Waals surface area contributed by atoms with Gasteiger partial charge in [-0.1, -0.05) is 12.1 Å². The molecule has 130 valence electrons. The Bertz CT molecular complexity index is 795. The summed E-state index contributed by atoms with van der Waals surface area (Å²) in [5, 5.41) is 0. The van der Waals surface area contributed by atoms with E-state index in [1.807, 2.05) is 26.4 Å². The van der Waals surface area contributed by atoms with E-state index in [2.05, 4.69) is 34.1 Å². The van der Waals surface area contributed by atoms with Crippen molar-refractivity contribution in [2.45, 2.75) is 25.5 Å². The van der Waals surface area contributed by atoms with Gasteiger partial charge in [-0.05, 0) is 23.8 Å². The van der Waals surface area contributed by atoms with Crippen LogP contribution in [0.3, 0.4) is 0 Å². The summed E-state index contributed by atoms with van der Waals surface area (Å²) < 4.78 is 11.7. The van der Waals surface area contributed by atoms with Gasteiger partial charge in [-0.15, -0.1) is 0 Å². The fourth-order valence-electron chi connectivity index (χ4n) is 3.32. The molecule has 0 bridgehead atoms. The molecule has 0 aliphatic carbocycles. The molecule has 3 heterocycles. The number of anilines is 1. The molecule has 1 aromatic heterocycles. The third kappa shape index (κ3) is 3.24. The van der Waals surface area contributed by atoms with Crippen LogP contribution in [0.4, 0.5) is 5.69 Å². The van der Waals surface area contributed by atoms with Crippen LogP contribution in [0.5, 0.6) is 5.88 Å². The molecular weight excluding hydrogens is 314 g/mol. The van der Waals surface area contributed by atoms with Crippen LogP contribution in [0.2, 0.25) is 0 Å². The van der Waals surface area contributed by atoms with Gasteiger partial charge in [-0.25, -0.2) is 4.98 Å². The van der Waals surface area contributed by atoms with Gasteiger partial charge < -0.3 is 14.4 Å². The number of ether oxygens (including phenoxy) is 2. The van der Waals surface area contributed by atoms with Crippen molar-refractivity contribution in [2.75, 3.05) is 32.2 Å². The Balaban J connectivity index is 1.68. The Morgan fingerprint density at radius 3 is 2.80 bits per heavy atom. The molecule has 0 amide bonds. The van der Waals surface area contributed by atoms with Gasteiger partial charge in [0.15, 0.2) is 0 Å². The molecule has 5 nitrogen and oxygen atoms in total. The average Bonchev–Trinajstić information content (AvgIpc) is 3.08. The zero-order valence-corrected chi connectivity index (χ0v) is 14.7. The molecule has 2 aromatic rings. The zero-order valence-electron chi connectivity index (χ0n) is 14.7. The van der Waals surface area contributed by atoms with Crippen LogP contribution in [0.1, 0.15) is 29.5 Å². The molecule has 2 aliphatic heterocycles. The predicted octanol–water partition coefficient (Wildman–Crippen LogP) is 3.06. The molecule has 4 rings (SSSR count). The molecule has 1 aromatic carbocycles. The summed E-state index contributed by atoms with van der Waals surface area (Å²) in [6, 6.07) is 10.5. The van der Waals surface area contributed by atoms with Crippen molar-refractivity contribution in [2.24, 2.45) is 4.99 Å². The standard InChI is InChI=1S/C20H23N3O2/c1-23(2)16-5-3-4-14(12-16)19-18-15(13-22-19)6-9-21-20(18)25-17-7-10-24-11-8-17/h3-6,9,12,17H,7-8,10-11,13H2,1-2H3. The van der Waals surface area contributed by atoms with Gasteiger partial charge in [0, 0.05) is 44.4 Å². The monoisotopic (exact) mass is 337 g/mol. The maximum Gasteiger partial charge on any atom is 0.223 e. The Morgan fingerprint density at radius 1 is 1.16 bits per heavy atom. The molecule has 0 unspecified atom stereocenters. The second-order valence-electron chi connectivity index (χ2n) is 6.69. The van der Waals surface area contributed by atoms with Crippen LogP contribution in [-0.4, -0.2) is 44.1 Å². The lowest BCUT2D eigenvalue weighted by Gasteiger charge is -2.24. The minimum Gasteiger partial charge on any atom is -0.474 e. The molecule has 2 aliphatic rings. The van der Waals surface area contributed by atoms with Crippen molar-refractivity contribution in [3.63, 3.8) is 0 Å². The van der Waals surface area contributed by atoms with E-state index in [1.165, 1.54) is 5.56 Å². The lowest BCUT2D eigenvalue weighted by molar-refractivity contribution is 0.0236. The minimum absolute atomic E-state index is 0.169. The van der Waals surface area contributed by atoms with Crippen LogP contribution in [0.15, 0.2) is 41.5 Å². The first-order valence-electron chi connectivity index (χ1n) is 8.77. The van der Waals surface area contributed by atoms with Crippen molar-refractivity contribution in [3.8, 4) is 5.88 Å². The van der Waals surface area contributed by atoms with Crippen LogP contribution in [-0.2, 0) is 11.3 Å². The van der Waals surface area contributed by atoms with E-state index in [0.29, 0.717) is 12.4 Å². The number of benzene rings is 1. The highest BCUT2D eigenvalue weighted by Crippen LogP contribution is 2.31. The summed E-state index contributed by atoms with van der Waals surface area (Å²) in [4.78, 5) is 11.4. The minimum atomic E-state index is 0.169. The first-order valence-corrected chi connectivity index (χ1v) is 8.77. The summed E-state index contributed by atoms with van der Waals surface area (Å²) in [5.74, 6) is 0.705. The summed E-state index contributed by atoms with van der Waals surface area (Å²) in [7, 11) is 4.09. The largest absolute Gasteiger partial charge is 0.474 e. The number of fused-ring (bicyclic) bond motifs is 1. The number of nitrogens with zero attached hydrogens (tertiary/aromatic N) is 3. The Morgan fingerprint density at radius 2 is 2.00 bits per heavy atom. The fraction of sp³-hybridized carbons (Fsp3) is 0.400. The molecule has 1 fully saturated rings. The number of hydrogen-bond donors (Lipinski definition) is 0. The van der Waals surface area contributed by atoms with Crippen LogP contribution in [0, 0.1) is 0 Å². The predicted molar refractivity (Wildman–Crippen MR) is 98.8 cm³/mol. The zero-order chi connectivity index (χ0) is 17.2. The Labute approximate surface area is 148 Å². The van der Waals surface area contributed by atoms with Gasteiger partial charge in [0.2, 0.25) is 5.88 Å². The normalized spacial score (nSPS) is 17.1. The molecule has 1 saturated heterocycles. The number of rotatable bonds is 4. The Hall–Kier alpha value is -2.40. The fourth-order valence-corrected chi connectivity index (χ4v) is 3.32. The Kier molecular flexibility index (Phi) is 4.40. The van der Waals surface area contributed by atoms with E-state index in [9.17, 15) is 0 Å². The highest BCUT2D eigenvalue weighted by molar-refractivity contribution is 6.16. The molecule has 25 heavy (non-hydrogen) atoms. The number of aromatic nitrogens is 1. The second-order valence-corrected chi connectivity index (χ2v) is 6.69. The first-order chi connectivity index (χ1) is 12.2. The van der Waals surface area contributed by atoms with E-state index in [-0.39, 0.29) is 6.10 Å². The maximum atomic E-state index is 6.25. The lowest BCUT2D eigenvalue weighted by Crippen LogP contribution is -2.27. The second kappa shape index (κ2) is 6.84. The third-order valence-electron chi connectivity index (χ3n) is 4.73. The summed E-state index contributed by atoms with van der Waals surface area (Å²) in [6.07, 6.45) is 3.81. The van der Waals surface area contributed by atoms with Crippen molar-refractivity contribution >= 4 is 11.4 Å². The third-order valence-corrected chi connectivity index (χ3v) is 4.73. The molecule has 5 heteroatoms. The molecule has 0 saturated carbocycles. The van der Waals surface area contributed by atoms with Crippen molar-refractivity contribution in [1.29, 1.82) is 0 Å². The number of aliphatic imine (C=N–C) groups is 1. The van der Waals surface area contributed by atoms with Gasteiger partial charge in [0.1, 0.15) is 6.10 Å². The molecule has 0 atom stereocenters. The van der Waals surface area contributed by atoms with Gasteiger partial charge in [-0.2, -0.15) is 0 Å². The first kappa shape index (κ1) is 16.1. The topological polar surface area (TPSA) is 47.0 Å². The SMILES string of the molecule is CN(C)c1cccc(C2=NCc3ccnc(OC4CCOCC4)c32)c1. The van der Waals surface area contributed by atoms with E-state index in [0.717, 1.165) is 48.6 Å². The summed E-state index contributed by atoms with van der Waals surface area (Å²) in [5.41, 5.74) is 5.47. The van der Waals surface area contributed by atoms with Crippen LogP contribution >= 0.6 is 0 Å². The van der Waals surface area contributed by atoms with E-state index < -0.39 is 0 Å². The van der Waals surface area contributed by atoms with Gasteiger partial charge in [-0.3, -0.25) is 4.99 Å². The molecule has 0 N–H and O–H groups in total. The smallest absolute Gasteiger partial charge is 0.223 e. The van der Waals surface area contributed by atoms with Gasteiger partial charge in [0.05, 0.1) is 31.0 Å². The van der Waals surface area contributed by atoms with E-state index in [1.54, 1.807) is 0 Å². The average molecular weight is 337 g/mol. The van der Waals surface area contributed by atoms with E-state index in [4.69, 9.17) is 14.5 Å². The highest BCUT2D eigenvalue weighted by atomic mass is 16.5. The van der Waals surface area contributed by atoms with Crippen molar-refractivity contribution in [1.82, 2.24) is 4.98 Å². The quantitative estimate of drug-likeness (QED) is 0.860. The van der Waals surface area contributed by atoms with Crippen LogP contribution in [0.25, 0.3) is 0 Å². The van der Waals surface area contributed by atoms with Gasteiger partial charge in [0.25, 0.3) is 0 Å². The highest BCUT2D eigenvalue weighted by Gasteiger charge is 2.26. The number of pyridine rings is 1. The lowest BCUT2D eigenvalue weighted by atomic mass is 10.0. The molecule has 0 spiro atoms. The van der Waals surface area contributed by atoms with E-state index >= 15 is 0 Å². The van der Waals surface area contributed by atoms with Gasteiger partial charge >= 0.3 is 0 Å². The number of hydrogen-bond acceptors (Lipinski definition) is 5. The summed E-state index contributed by atoms with van der Waals surface area (Å²) in [6.45, 7) is 2.19. The molecular formula is C20H23N3O2. The van der Waals surface area contributed by atoms with Crippen LogP contribution < -0.4 is 9.64 Å².